The van der Waals surface area contributed by atoms with Gasteiger partial charge in [0.25, 0.3) is 0 Å². The molecule has 2 heterocycles. The van der Waals surface area contributed by atoms with Crippen LogP contribution in [0.15, 0.2) is 36.9 Å². The number of likely N-dealkylation sites (tertiary alicyclic amines) is 1. The van der Waals surface area contributed by atoms with E-state index in [1.807, 2.05) is 0 Å². The quantitative estimate of drug-likeness (QED) is 0.777. The van der Waals surface area contributed by atoms with Gasteiger partial charge < -0.3 is 5.32 Å². The highest BCUT2D eigenvalue weighted by Crippen LogP contribution is 2.16. The van der Waals surface area contributed by atoms with Gasteiger partial charge >= 0.3 is 0 Å². The molecular weight excluding hydrogens is 338 g/mol. The van der Waals surface area contributed by atoms with Crippen molar-refractivity contribution in [2.45, 2.75) is 58.7 Å². The van der Waals surface area contributed by atoms with Crippen molar-refractivity contribution in [2.75, 3.05) is 13.1 Å². The molecule has 2 aromatic rings. The van der Waals surface area contributed by atoms with Crippen LogP contribution in [0.4, 0.5) is 0 Å². The summed E-state index contributed by atoms with van der Waals surface area (Å²) in [5.74, 6) is 0.780. The van der Waals surface area contributed by atoms with Crippen molar-refractivity contribution in [3.63, 3.8) is 0 Å². The summed E-state index contributed by atoms with van der Waals surface area (Å²) in [5, 5.41) is 7.22. The summed E-state index contributed by atoms with van der Waals surface area (Å²) in [6.45, 7) is 8.05. The van der Waals surface area contributed by atoms with E-state index >= 15 is 0 Å². The number of carbonyl (C=O) groups excluding carboxylic acids is 1. The Morgan fingerprint density at radius 2 is 2.04 bits per heavy atom. The molecule has 0 aliphatic carbocycles. The molecule has 1 aliphatic heterocycles. The molecule has 1 N–H and O–H groups in total. The van der Waals surface area contributed by atoms with Crippen LogP contribution in [0.1, 0.15) is 44.2 Å². The Labute approximate surface area is 162 Å². The van der Waals surface area contributed by atoms with Crippen LogP contribution in [-0.4, -0.2) is 44.7 Å². The Morgan fingerprint density at radius 3 is 2.74 bits per heavy atom. The molecule has 1 saturated heterocycles. The van der Waals surface area contributed by atoms with Crippen molar-refractivity contribution in [2.24, 2.45) is 5.92 Å². The van der Waals surface area contributed by atoms with E-state index in [0.717, 1.165) is 38.9 Å². The molecule has 0 saturated carbocycles. The first kappa shape index (κ1) is 19.5. The zero-order valence-electron chi connectivity index (χ0n) is 16.5. The average molecular weight is 370 g/mol. The zero-order chi connectivity index (χ0) is 19.1. The van der Waals surface area contributed by atoms with E-state index in [-0.39, 0.29) is 11.9 Å². The molecule has 0 unspecified atom stereocenters. The second kappa shape index (κ2) is 9.65. The lowest BCUT2D eigenvalue weighted by atomic mass is 10.0. The minimum absolute atomic E-state index is 0.0930. The largest absolute Gasteiger partial charge is 0.352 e. The number of amides is 1. The standard InChI is InChI=1S/C21H31N5O/c1-17(2)12-18-5-7-19(8-6-18)13-25-10-3-4-20(14-25)24-21(27)9-11-26-16-22-15-23-26/h5-8,15-17,20H,3-4,9-14H2,1-2H3,(H,24,27)/t20-/m0/s1. The van der Waals surface area contributed by atoms with Gasteiger partial charge in [0.05, 0.1) is 6.54 Å². The van der Waals surface area contributed by atoms with E-state index in [1.165, 1.54) is 17.5 Å². The predicted molar refractivity (Wildman–Crippen MR) is 106 cm³/mol. The first-order valence-corrected chi connectivity index (χ1v) is 10.0. The van der Waals surface area contributed by atoms with Crippen LogP contribution in [0.25, 0.3) is 0 Å². The zero-order valence-corrected chi connectivity index (χ0v) is 16.5. The molecule has 27 heavy (non-hydrogen) atoms. The molecule has 1 aromatic carbocycles. The topological polar surface area (TPSA) is 63.1 Å². The fourth-order valence-corrected chi connectivity index (χ4v) is 3.69. The van der Waals surface area contributed by atoms with Crippen molar-refractivity contribution < 1.29 is 4.79 Å². The number of carbonyl (C=O) groups is 1. The maximum atomic E-state index is 12.2. The van der Waals surface area contributed by atoms with E-state index in [4.69, 9.17) is 0 Å². The number of rotatable bonds is 8. The van der Waals surface area contributed by atoms with Crippen LogP contribution in [0.3, 0.4) is 0 Å². The van der Waals surface area contributed by atoms with E-state index in [0.29, 0.717) is 18.9 Å². The number of nitrogens with one attached hydrogen (secondary N) is 1. The van der Waals surface area contributed by atoms with Gasteiger partial charge in [0.1, 0.15) is 12.7 Å². The Hall–Kier alpha value is -2.21. The van der Waals surface area contributed by atoms with Gasteiger partial charge in [-0.05, 0) is 42.9 Å². The fraction of sp³-hybridized carbons (Fsp3) is 0.571. The van der Waals surface area contributed by atoms with E-state index < -0.39 is 0 Å². The summed E-state index contributed by atoms with van der Waals surface area (Å²) < 4.78 is 1.69. The summed E-state index contributed by atoms with van der Waals surface area (Å²) >= 11 is 0. The second-order valence-corrected chi connectivity index (χ2v) is 7.96. The smallest absolute Gasteiger partial charge is 0.222 e. The third-order valence-electron chi connectivity index (χ3n) is 4.98. The molecule has 0 spiro atoms. The highest BCUT2D eigenvalue weighted by atomic mass is 16.1. The van der Waals surface area contributed by atoms with Crippen LogP contribution < -0.4 is 5.32 Å². The van der Waals surface area contributed by atoms with Gasteiger partial charge in [0, 0.05) is 25.6 Å². The van der Waals surface area contributed by atoms with E-state index in [9.17, 15) is 4.79 Å². The SMILES string of the molecule is CC(C)Cc1ccc(CN2CCC[C@H](NC(=O)CCn3cncn3)C2)cc1. The molecule has 6 heteroatoms. The molecular formula is C21H31N5O. The minimum atomic E-state index is 0.0930. The summed E-state index contributed by atoms with van der Waals surface area (Å²) in [5.41, 5.74) is 2.76. The Bertz CT molecular complexity index is 696. The second-order valence-electron chi connectivity index (χ2n) is 7.96. The predicted octanol–water partition coefficient (Wildman–Crippen LogP) is 2.65. The summed E-state index contributed by atoms with van der Waals surface area (Å²) in [4.78, 5) is 18.6. The van der Waals surface area contributed by atoms with Gasteiger partial charge in [-0.3, -0.25) is 14.4 Å². The van der Waals surface area contributed by atoms with Crippen LogP contribution in [0.2, 0.25) is 0 Å². The van der Waals surface area contributed by atoms with Crippen molar-refractivity contribution in [1.29, 1.82) is 0 Å². The molecule has 1 fully saturated rings. The molecule has 1 atom stereocenters. The maximum absolute atomic E-state index is 12.2. The van der Waals surface area contributed by atoms with Gasteiger partial charge in [0.15, 0.2) is 0 Å². The van der Waals surface area contributed by atoms with Gasteiger partial charge in [-0.15, -0.1) is 0 Å². The average Bonchev–Trinajstić information content (AvgIpc) is 3.15. The normalized spacial score (nSPS) is 18.0. The van der Waals surface area contributed by atoms with Crippen molar-refractivity contribution in [1.82, 2.24) is 25.0 Å². The van der Waals surface area contributed by atoms with Crippen molar-refractivity contribution in [3.8, 4) is 0 Å². The molecule has 0 bridgehead atoms. The first-order chi connectivity index (χ1) is 13.1. The molecule has 146 valence electrons. The van der Waals surface area contributed by atoms with Crippen LogP contribution >= 0.6 is 0 Å². The van der Waals surface area contributed by atoms with Crippen molar-refractivity contribution in [3.05, 3.63) is 48.0 Å². The molecule has 1 aliphatic rings. The summed E-state index contributed by atoms with van der Waals surface area (Å²) in [7, 11) is 0. The van der Waals surface area contributed by atoms with E-state index in [2.05, 4.69) is 58.4 Å². The number of hydrogen-bond acceptors (Lipinski definition) is 4. The third-order valence-corrected chi connectivity index (χ3v) is 4.98. The molecule has 6 nitrogen and oxygen atoms in total. The minimum Gasteiger partial charge on any atom is -0.352 e. The van der Waals surface area contributed by atoms with Gasteiger partial charge in [-0.25, -0.2) is 4.98 Å². The molecule has 0 radical (unpaired) electrons. The Kier molecular flexibility index (Phi) is 6.98. The Morgan fingerprint density at radius 1 is 1.26 bits per heavy atom. The Balaban J connectivity index is 1.43. The van der Waals surface area contributed by atoms with Crippen LogP contribution in [0, 0.1) is 5.92 Å². The molecule has 1 aromatic heterocycles. The van der Waals surface area contributed by atoms with Gasteiger partial charge in [-0.2, -0.15) is 5.10 Å². The highest BCUT2D eigenvalue weighted by Gasteiger charge is 2.21. The maximum Gasteiger partial charge on any atom is 0.222 e. The lowest BCUT2D eigenvalue weighted by Gasteiger charge is -2.33. The number of aryl methyl sites for hydroxylation is 1. The number of benzene rings is 1. The lowest BCUT2D eigenvalue weighted by Crippen LogP contribution is -2.47. The third kappa shape index (κ3) is 6.47. The van der Waals surface area contributed by atoms with E-state index in [1.54, 1.807) is 11.0 Å². The summed E-state index contributed by atoms with van der Waals surface area (Å²) in [6, 6.07) is 9.24. The summed E-state index contributed by atoms with van der Waals surface area (Å²) in [6.07, 6.45) is 6.89. The molecule has 3 rings (SSSR count). The lowest BCUT2D eigenvalue weighted by molar-refractivity contribution is -0.122. The fourth-order valence-electron chi connectivity index (χ4n) is 3.69. The number of piperidine rings is 1. The van der Waals surface area contributed by atoms with Crippen LogP contribution in [-0.2, 0) is 24.3 Å². The first-order valence-electron chi connectivity index (χ1n) is 10.0. The van der Waals surface area contributed by atoms with Crippen LogP contribution in [0.5, 0.6) is 0 Å². The number of aromatic nitrogens is 3. The van der Waals surface area contributed by atoms with Gasteiger partial charge in [-0.1, -0.05) is 38.1 Å². The molecule has 1 amide bonds. The van der Waals surface area contributed by atoms with Crippen molar-refractivity contribution >= 4 is 5.91 Å². The monoisotopic (exact) mass is 369 g/mol. The number of hydrogen-bond donors (Lipinski definition) is 1. The van der Waals surface area contributed by atoms with Gasteiger partial charge in [0.2, 0.25) is 5.91 Å². The highest BCUT2D eigenvalue weighted by molar-refractivity contribution is 5.76. The number of nitrogens with zero attached hydrogens (tertiary/aromatic N) is 4.